The lowest BCUT2D eigenvalue weighted by atomic mass is 10.2. The minimum absolute atomic E-state index is 0.224. The van der Waals surface area contributed by atoms with Crippen LogP contribution in [0.1, 0.15) is 25.2 Å². The molecule has 4 nitrogen and oxygen atoms in total. The summed E-state index contributed by atoms with van der Waals surface area (Å²) in [6.45, 7) is 1.95. The second-order valence-electron chi connectivity index (χ2n) is 3.60. The normalized spacial score (nSPS) is 12.7. The molecule has 0 radical (unpaired) electrons. The van der Waals surface area contributed by atoms with E-state index in [9.17, 15) is 0 Å². The van der Waals surface area contributed by atoms with Crippen molar-refractivity contribution < 1.29 is 4.52 Å². The van der Waals surface area contributed by atoms with Crippen LogP contribution in [0.25, 0.3) is 11.5 Å². The third kappa shape index (κ3) is 2.60. The van der Waals surface area contributed by atoms with Crippen LogP contribution >= 0.6 is 23.2 Å². The van der Waals surface area contributed by atoms with E-state index >= 15 is 0 Å². The standard InChI is InChI=1S/C11H11Cl2N3O/c1-2-9(14)10-15-11(17-16-10)7-4-3-6(12)5-8(7)13/h3-5,9H,2,14H2,1H3. The van der Waals surface area contributed by atoms with E-state index in [1.165, 1.54) is 0 Å². The van der Waals surface area contributed by atoms with Gasteiger partial charge >= 0.3 is 0 Å². The average molecular weight is 272 g/mol. The molecule has 1 heterocycles. The molecule has 0 aliphatic heterocycles. The summed E-state index contributed by atoms with van der Waals surface area (Å²) in [6.07, 6.45) is 0.743. The zero-order valence-corrected chi connectivity index (χ0v) is 10.7. The van der Waals surface area contributed by atoms with Crippen LogP contribution in [0.4, 0.5) is 0 Å². The van der Waals surface area contributed by atoms with Crippen molar-refractivity contribution in [1.29, 1.82) is 0 Å². The fourth-order valence-electron chi connectivity index (χ4n) is 1.34. The van der Waals surface area contributed by atoms with Gasteiger partial charge in [0.05, 0.1) is 16.6 Å². The third-order valence-electron chi connectivity index (χ3n) is 2.37. The van der Waals surface area contributed by atoms with Crippen molar-refractivity contribution in [3.05, 3.63) is 34.1 Å². The molecular formula is C11H11Cl2N3O. The molecule has 0 spiro atoms. The summed E-state index contributed by atoms with van der Waals surface area (Å²) in [5, 5.41) is 4.85. The monoisotopic (exact) mass is 271 g/mol. The zero-order chi connectivity index (χ0) is 12.4. The lowest BCUT2D eigenvalue weighted by Crippen LogP contribution is -2.10. The average Bonchev–Trinajstić information content (AvgIpc) is 2.77. The molecule has 0 aliphatic carbocycles. The quantitative estimate of drug-likeness (QED) is 0.929. The smallest absolute Gasteiger partial charge is 0.259 e. The summed E-state index contributed by atoms with van der Waals surface area (Å²) < 4.78 is 5.13. The summed E-state index contributed by atoms with van der Waals surface area (Å²) in [7, 11) is 0. The fraction of sp³-hybridized carbons (Fsp3) is 0.273. The summed E-state index contributed by atoms with van der Waals surface area (Å²) in [5.41, 5.74) is 6.46. The van der Waals surface area contributed by atoms with Gasteiger partial charge in [0, 0.05) is 5.02 Å². The van der Waals surface area contributed by atoms with Gasteiger partial charge in [-0.05, 0) is 24.6 Å². The Kier molecular flexibility index (Phi) is 3.66. The van der Waals surface area contributed by atoms with Crippen LogP contribution in [-0.2, 0) is 0 Å². The van der Waals surface area contributed by atoms with Gasteiger partial charge in [-0.3, -0.25) is 0 Å². The van der Waals surface area contributed by atoms with Gasteiger partial charge in [0.1, 0.15) is 0 Å². The van der Waals surface area contributed by atoms with Crippen molar-refractivity contribution in [2.24, 2.45) is 5.73 Å². The number of hydrogen-bond acceptors (Lipinski definition) is 4. The molecule has 6 heteroatoms. The van der Waals surface area contributed by atoms with Crippen LogP contribution in [0.2, 0.25) is 10.0 Å². The molecule has 17 heavy (non-hydrogen) atoms. The molecular weight excluding hydrogens is 261 g/mol. The van der Waals surface area contributed by atoms with Crippen LogP contribution in [0.3, 0.4) is 0 Å². The molecule has 2 aromatic rings. The summed E-state index contributed by atoms with van der Waals surface area (Å²) in [6, 6.07) is 4.85. The third-order valence-corrected chi connectivity index (χ3v) is 2.92. The first-order valence-electron chi connectivity index (χ1n) is 5.16. The van der Waals surface area contributed by atoms with Crippen molar-refractivity contribution in [2.75, 3.05) is 0 Å². The van der Waals surface area contributed by atoms with Gasteiger partial charge in [0.25, 0.3) is 5.89 Å². The minimum Gasteiger partial charge on any atom is -0.334 e. The van der Waals surface area contributed by atoms with Gasteiger partial charge in [0.2, 0.25) is 0 Å². The van der Waals surface area contributed by atoms with Crippen molar-refractivity contribution in [1.82, 2.24) is 10.1 Å². The maximum Gasteiger partial charge on any atom is 0.259 e. The largest absolute Gasteiger partial charge is 0.334 e. The van der Waals surface area contributed by atoms with Gasteiger partial charge in [-0.2, -0.15) is 4.98 Å². The zero-order valence-electron chi connectivity index (χ0n) is 9.15. The van der Waals surface area contributed by atoms with Gasteiger partial charge in [0.15, 0.2) is 5.82 Å². The lowest BCUT2D eigenvalue weighted by Gasteiger charge is -2.00. The number of halogens is 2. The molecule has 0 fully saturated rings. The Labute approximate surface area is 109 Å². The highest BCUT2D eigenvalue weighted by molar-refractivity contribution is 6.36. The predicted molar refractivity (Wildman–Crippen MR) is 67.0 cm³/mol. The Morgan fingerprint density at radius 2 is 2.18 bits per heavy atom. The van der Waals surface area contributed by atoms with E-state index in [2.05, 4.69) is 10.1 Å². The SMILES string of the molecule is CCC(N)c1noc(-c2ccc(Cl)cc2Cl)n1. The van der Waals surface area contributed by atoms with Crippen molar-refractivity contribution >= 4 is 23.2 Å². The van der Waals surface area contributed by atoms with E-state index < -0.39 is 0 Å². The molecule has 0 bridgehead atoms. The number of hydrogen-bond donors (Lipinski definition) is 1. The molecule has 1 unspecified atom stereocenters. The van der Waals surface area contributed by atoms with E-state index in [0.29, 0.717) is 27.3 Å². The Morgan fingerprint density at radius 3 is 2.82 bits per heavy atom. The highest BCUT2D eigenvalue weighted by atomic mass is 35.5. The number of benzene rings is 1. The first-order valence-corrected chi connectivity index (χ1v) is 5.92. The lowest BCUT2D eigenvalue weighted by molar-refractivity contribution is 0.415. The molecule has 1 aromatic heterocycles. The predicted octanol–water partition coefficient (Wildman–Crippen LogP) is 3.45. The molecule has 2 N–H and O–H groups in total. The van der Waals surface area contributed by atoms with Gasteiger partial charge in [-0.25, -0.2) is 0 Å². The molecule has 0 amide bonds. The topological polar surface area (TPSA) is 64.9 Å². The van der Waals surface area contributed by atoms with E-state index in [-0.39, 0.29) is 6.04 Å². The van der Waals surface area contributed by atoms with Crippen molar-refractivity contribution in [3.8, 4) is 11.5 Å². The second kappa shape index (κ2) is 5.04. The maximum absolute atomic E-state index is 6.04. The number of nitrogens with zero attached hydrogens (tertiary/aromatic N) is 2. The first-order chi connectivity index (χ1) is 8.11. The summed E-state index contributed by atoms with van der Waals surface area (Å²) in [5.74, 6) is 0.832. The number of aromatic nitrogens is 2. The van der Waals surface area contributed by atoms with Gasteiger partial charge < -0.3 is 10.3 Å². The van der Waals surface area contributed by atoms with Crippen molar-refractivity contribution in [2.45, 2.75) is 19.4 Å². The van der Waals surface area contributed by atoms with E-state index in [1.54, 1.807) is 18.2 Å². The first kappa shape index (κ1) is 12.4. The number of rotatable bonds is 3. The Hall–Kier alpha value is -1.10. The molecule has 1 aromatic carbocycles. The van der Waals surface area contributed by atoms with E-state index in [4.69, 9.17) is 33.5 Å². The molecule has 1 atom stereocenters. The summed E-state index contributed by atoms with van der Waals surface area (Å²) >= 11 is 11.9. The molecule has 2 rings (SSSR count). The highest BCUT2D eigenvalue weighted by Gasteiger charge is 2.15. The number of nitrogens with two attached hydrogens (primary N) is 1. The molecule has 90 valence electrons. The van der Waals surface area contributed by atoms with Crippen LogP contribution in [0.15, 0.2) is 22.7 Å². The maximum atomic E-state index is 6.04. The van der Waals surface area contributed by atoms with E-state index in [0.717, 1.165) is 6.42 Å². The molecule has 0 aliphatic rings. The summed E-state index contributed by atoms with van der Waals surface area (Å²) in [4.78, 5) is 4.21. The highest BCUT2D eigenvalue weighted by Crippen LogP contribution is 2.29. The van der Waals surface area contributed by atoms with Gasteiger partial charge in [-0.15, -0.1) is 0 Å². The Bertz CT molecular complexity index is 527. The van der Waals surface area contributed by atoms with Crippen LogP contribution < -0.4 is 5.73 Å². The fourth-order valence-corrected chi connectivity index (χ4v) is 1.83. The van der Waals surface area contributed by atoms with Crippen LogP contribution in [0, 0.1) is 0 Å². The second-order valence-corrected chi connectivity index (χ2v) is 4.44. The Balaban J connectivity index is 2.37. The molecule has 0 saturated carbocycles. The minimum atomic E-state index is -0.224. The molecule has 0 saturated heterocycles. The van der Waals surface area contributed by atoms with Crippen LogP contribution in [0.5, 0.6) is 0 Å². The van der Waals surface area contributed by atoms with Crippen molar-refractivity contribution in [3.63, 3.8) is 0 Å². The van der Waals surface area contributed by atoms with E-state index in [1.807, 2.05) is 6.92 Å². The van der Waals surface area contributed by atoms with Crippen LogP contribution in [-0.4, -0.2) is 10.1 Å². The Morgan fingerprint density at radius 1 is 1.41 bits per heavy atom. The van der Waals surface area contributed by atoms with Gasteiger partial charge in [-0.1, -0.05) is 35.3 Å².